The average Bonchev–Trinajstić information content (AvgIpc) is 2.93. The van der Waals surface area contributed by atoms with Crippen LogP contribution in [0, 0.1) is 5.92 Å². The number of carbonyl (C=O) groups excluding carboxylic acids is 1. The molecule has 0 spiro atoms. The average molecular weight is 252 g/mol. The zero-order valence-electron chi connectivity index (χ0n) is 10.2. The van der Waals surface area contributed by atoms with E-state index in [1.165, 1.54) is 0 Å². The van der Waals surface area contributed by atoms with Crippen LogP contribution in [0.4, 0.5) is 6.01 Å². The van der Waals surface area contributed by atoms with Crippen molar-refractivity contribution in [2.45, 2.75) is 24.8 Å². The Morgan fingerprint density at radius 3 is 2.89 bits per heavy atom. The van der Waals surface area contributed by atoms with Gasteiger partial charge in [-0.25, -0.2) is 0 Å². The molecule has 1 amide bonds. The van der Waals surface area contributed by atoms with Crippen LogP contribution >= 0.6 is 0 Å². The molecule has 2 unspecified atom stereocenters. The second-order valence-corrected chi connectivity index (χ2v) is 4.75. The first kappa shape index (κ1) is 11.6. The fourth-order valence-electron chi connectivity index (χ4n) is 2.08. The van der Waals surface area contributed by atoms with Crippen molar-refractivity contribution in [3.63, 3.8) is 0 Å². The maximum atomic E-state index is 12.0. The SMILES string of the molecule is CNC1COCC1C(=O)Nc1nnc(C2CC2)o1. The Balaban J connectivity index is 1.62. The predicted octanol–water partition coefficient (Wildman–Crippen LogP) is 0.120. The van der Waals surface area contributed by atoms with Crippen LogP contribution in [0.3, 0.4) is 0 Å². The van der Waals surface area contributed by atoms with Gasteiger partial charge in [0.2, 0.25) is 11.8 Å². The lowest BCUT2D eigenvalue weighted by Gasteiger charge is -2.14. The molecule has 7 nitrogen and oxygen atoms in total. The van der Waals surface area contributed by atoms with E-state index in [0.29, 0.717) is 25.0 Å². The van der Waals surface area contributed by atoms with Gasteiger partial charge in [0.15, 0.2) is 0 Å². The van der Waals surface area contributed by atoms with Gasteiger partial charge in [-0.15, -0.1) is 5.10 Å². The Hall–Kier alpha value is -1.47. The number of ether oxygens (including phenoxy) is 1. The molecule has 2 fully saturated rings. The van der Waals surface area contributed by atoms with Gasteiger partial charge in [-0.2, -0.15) is 0 Å². The Labute approximate surface area is 104 Å². The summed E-state index contributed by atoms with van der Waals surface area (Å²) in [5, 5.41) is 13.5. The van der Waals surface area contributed by atoms with E-state index in [1.807, 2.05) is 7.05 Å². The van der Waals surface area contributed by atoms with E-state index in [9.17, 15) is 4.79 Å². The summed E-state index contributed by atoms with van der Waals surface area (Å²) in [5.74, 6) is 0.658. The summed E-state index contributed by atoms with van der Waals surface area (Å²) in [6.07, 6.45) is 2.18. The summed E-state index contributed by atoms with van der Waals surface area (Å²) >= 11 is 0. The third-order valence-corrected chi connectivity index (χ3v) is 3.39. The van der Waals surface area contributed by atoms with Gasteiger partial charge in [0, 0.05) is 12.0 Å². The van der Waals surface area contributed by atoms with Crippen molar-refractivity contribution >= 4 is 11.9 Å². The van der Waals surface area contributed by atoms with Gasteiger partial charge in [0.25, 0.3) is 0 Å². The van der Waals surface area contributed by atoms with Gasteiger partial charge in [-0.1, -0.05) is 5.10 Å². The topological polar surface area (TPSA) is 89.3 Å². The molecule has 1 saturated heterocycles. The molecule has 98 valence electrons. The van der Waals surface area contributed by atoms with Crippen molar-refractivity contribution in [1.29, 1.82) is 0 Å². The van der Waals surface area contributed by atoms with Crippen LogP contribution in [0.1, 0.15) is 24.7 Å². The van der Waals surface area contributed by atoms with E-state index in [2.05, 4.69) is 20.8 Å². The molecule has 1 aromatic rings. The number of hydrogen-bond acceptors (Lipinski definition) is 6. The fourth-order valence-corrected chi connectivity index (χ4v) is 2.08. The van der Waals surface area contributed by atoms with Crippen LogP contribution < -0.4 is 10.6 Å². The lowest BCUT2D eigenvalue weighted by Crippen LogP contribution is -2.39. The molecule has 1 aromatic heterocycles. The van der Waals surface area contributed by atoms with Crippen molar-refractivity contribution in [3.8, 4) is 0 Å². The first-order valence-corrected chi connectivity index (χ1v) is 6.17. The van der Waals surface area contributed by atoms with Crippen molar-refractivity contribution in [3.05, 3.63) is 5.89 Å². The van der Waals surface area contributed by atoms with Gasteiger partial charge in [0.05, 0.1) is 19.1 Å². The highest BCUT2D eigenvalue weighted by molar-refractivity contribution is 5.91. The molecule has 2 heterocycles. The smallest absolute Gasteiger partial charge is 0.322 e. The maximum absolute atomic E-state index is 12.0. The van der Waals surface area contributed by atoms with E-state index in [-0.39, 0.29) is 23.9 Å². The summed E-state index contributed by atoms with van der Waals surface area (Å²) in [4.78, 5) is 12.0. The number of anilines is 1. The van der Waals surface area contributed by atoms with Crippen LogP contribution in [0.25, 0.3) is 0 Å². The van der Waals surface area contributed by atoms with E-state index in [0.717, 1.165) is 12.8 Å². The molecule has 0 aromatic carbocycles. The number of aromatic nitrogens is 2. The lowest BCUT2D eigenvalue weighted by molar-refractivity contribution is -0.120. The number of carbonyl (C=O) groups is 1. The van der Waals surface area contributed by atoms with Crippen LogP contribution in [0.15, 0.2) is 4.42 Å². The molecule has 2 atom stereocenters. The second kappa shape index (κ2) is 4.66. The second-order valence-electron chi connectivity index (χ2n) is 4.75. The summed E-state index contributed by atoms with van der Waals surface area (Å²) in [6.45, 7) is 0.965. The minimum absolute atomic E-state index is 0.0378. The first-order chi connectivity index (χ1) is 8.78. The Kier molecular flexibility index (Phi) is 3.00. The monoisotopic (exact) mass is 252 g/mol. The Morgan fingerprint density at radius 1 is 1.33 bits per heavy atom. The molecule has 0 bridgehead atoms. The number of likely N-dealkylation sites (N-methyl/N-ethyl adjacent to an activating group) is 1. The van der Waals surface area contributed by atoms with Gasteiger partial charge in [0.1, 0.15) is 0 Å². The molecule has 3 rings (SSSR count). The minimum Gasteiger partial charge on any atom is -0.408 e. The Bertz CT molecular complexity index is 443. The van der Waals surface area contributed by atoms with E-state index >= 15 is 0 Å². The molecule has 18 heavy (non-hydrogen) atoms. The number of nitrogens with zero attached hydrogens (tertiary/aromatic N) is 2. The molecule has 7 heteroatoms. The molecular formula is C11H16N4O3. The third kappa shape index (κ3) is 2.23. The zero-order chi connectivity index (χ0) is 12.5. The van der Waals surface area contributed by atoms with Crippen LogP contribution in [0.5, 0.6) is 0 Å². The molecular weight excluding hydrogens is 236 g/mol. The summed E-state index contributed by atoms with van der Waals surface area (Å²) in [6, 6.07) is 0.222. The number of nitrogens with one attached hydrogen (secondary N) is 2. The van der Waals surface area contributed by atoms with Crippen LogP contribution in [-0.4, -0.2) is 42.4 Å². The van der Waals surface area contributed by atoms with Crippen molar-refractivity contribution in [2.24, 2.45) is 5.92 Å². The van der Waals surface area contributed by atoms with Crippen LogP contribution in [-0.2, 0) is 9.53 Å². The standard InChI is InChI=1S/C11H16N4O3/c1-12-8-5-17-4-7(8)9(16)13-11-15-14-10(18-11)6-2-3-6/h6-8,12H,2-5H2,1H3,(H,13,15,16). The highest BCUT2D eigenvalue weighted by atomic mass is 16.5. The highest BCUT2D eigenvalue weighted by Gasteiger charge is 2.34. The number of amides is 1. The number of rotatable bonds is 4. The molecule has 1 aliphatic heterocycles. The molecule has 1 aliphatic carbocycles. The summed E-state index contributed by atoms with van der Waals surface area (Å²) < 4.78 is 10.7. The van der Waals surface area contributed by atoms with E-state index in [1.54, 1.807) is 0 Å². The Morgan fingerprint density at radius 2 is 2.17 bits per heavy atom. The normalized spacial score (nSPS) is 27.4. The van der Waals surface area contributed by atoms with Crippen LogP contribution in [0.2, 0.25) is 0 Å². The van der Waals surface area contributed by atoms with Gasteiger partial charge >= 0.3 is 6.01 Å². The largest absolute Gasteiger partial charge is 0.408 e. The molecule has 2 N–H and O–H groups in total. The quantitative estimate of drug-likeness (QED) is 0.791. The van der Waals surface area contributed by atoms with Crippen molar-refractivity contribution in [1.82, 2.24) is 15.5 Å². The molecule has 0 radical (unpaired) electrons. The van der Waals surface area contributed by atoms with E-state index < -0.39 is 0 Å². The first-order valence-electron chi connectivity index (χ1n) is 6.17. The van der Waals surface area contributed by atoms with Crippen molar-refractivity contribution < 1.29 is 13.9 Å². The highest BCUT2D eigenvalue weighted by Crippen LogP contribution is 2.39. The summed E-state index contributed by atoms with van der Waals surface area (Å²) in [5.41, 5.74) is 0. The minimum atomic E-state index is -0.216. The molecule has 1 saturated carbocycles. The number of hydrogen-bond donors (Lipinski definition) is 2. The van der Waals surface area contributed by atoms with Crippen molar-refractivity contribution in [2.75, 3.05) is 25.6 Å². The lowest BCUT2D eigenvalue weighted by atomic mass is 10.0. The maximum Gasteiger partial charge on any atom is 0.322 e. The molecule has 2 aliphatic rings. The fraction of sp³-hybridized carbons (Fsp3) is 0.727. The summed E-state index contributed by atoms with van der Waals surface area (Å²) in [7, 11) is 1.82. The van der Waals surface area contributed by atoms with E-state index in [4.69, 9.17) is 9.15 Å². The van der Waals surface area contributed by atoms with Gasteiger partial charge < -0.3 is 14.5 Å². The zero-order valence-corrected chi connectivity index (χ0v) is 10.2. The van der Waals surface area contributed by atoms with Gasteiger partial charge in [-0.05, 0) is 19.9 Å². The predicted molar refractivity (Wildman–Crippen MR) is 62.1 cm³/mol. The van der Waals surface area contributed by atoms with Gasteiger partial charge in [-0.3, -0.25) is 10.1 Å². The third-order valence-electron chi connectivity index (χ3n) is 3.39.